The molecule has 0 unspecified atom stereocenters. The molecule has 1 aliphatic rings. The zero-order valence-electron chi connectivity index (χ0n) is 22.1. The van der Waals surface area contributed by atoms with Crippen LogP contribution in [-0.2, 0) is 9.98 Å². The minimum atomic E-state index is -2.31. The summed E-state index contributed by atoms with van der Waals surface area (Å²) in [6.07, 6.45) is 0. The first-order valence-electron chi connectivity index (χ1n) is 13.4. The van der Waals surface area contributed by atoms with Crippen molar-refractivity contribution in [2.75, 3.05) is 13.3 Å². The maximum atomic E-state index is 12.6. The van der Waals surface area contributed by atoms with E-state index in [1.54, 1.807) is 0 Å². The molecule has 0 aliphatic heterocycles. The van der Waals surface area contributed by atoms with Crippen LogP contribution in [-0.4, -0.2) is 13.3 Å². The minimum Gasteiger partial charge on any atom is -0.319 e. The summed E-state index contributed by atoms with van der Waals surface area (Å²) in [5, 5.41) is 3.44. The van der Waals surface area contributed by atoms with Crippen LogP contribution in [0.1, 0.15) is 22.3 Å². The van der Waals surface area contributed by atoms with Gasteiger partial charge in [-0.1, -0.05) is 133 Å². The smallest absolute Gasteiger partial charge is 0.109 e. The zero-order valence-corrected chi connectivity index (χ0v) is 23.0. The van der Waals surface area contributed by atoms with Gasteiger partial charge in [0.15, 0.2) is 0 Å². The van der Waals surface area contributed by atoms with Gasteiger partial charge >= 0.3 is 0 Å². The Hall–Kier alpha value is -4.19. The first-order valence-corrected chi connectivity index (χ1v) is 16.0. The summed E-state index contributed by atoms with van der Waals surface area (Å²) in [7, 11) is -2.31. The number of fused-ring (bicyclic) bond motifs is 5. The molecule has 0 aromatic heterocycles. The number of benzene rings is 6. The largest absolute Gasteiger partial charge is 0.319 e. The first kappa shape index (κ1) is 23.9. The van der Waals surface area contributed by atoms with Gasteiger partial charge in [-0.3, -0.25) is 0 Å². The Balaban J connectivity index is 1.58. The molecule has 0 saturated heterocycles. The highest BCUT2D eigenvalue weighted by molar-refractivity contribution is 7.70. The van der Waals surface area contributed by atoms with Crippen molar-refractivity contribution < 1.29 is 4.57 Å². The topological polar surface area (TPSA) is 17.1 Å². The summed E-state index contributed by atoms with van der Waals surface area (Å²) < 4.78 is 12.6. The maximum absolute atomic E-state index is 12.6. The third-order valence-corrected chi connectivity index (χ3v) is 9.80. The highest BCUT2D eigenvalue weighted by atomic mass is 31.2. The highest BCUT2D eigenvalue weighted by Crippen LogP contribution is 2.58. The van der Waals surface area contributed by atoms with Gasteiger partial charge in [0.05, 0.1) is 5.41 Å². The van der Waals surface area contributed by atoms with E-state index < -0.39 is 12.6 Å². The molecule has 6 aromatic rings. The van der Waals surface area contributed by atoms with Gasteiger partial charge in [-0.2, -0.15) is 0 Å². The lowest BCUT2D eigenvalue weighted by Crippen LogP contribution is -2.28. The summed E-state index contributed by atoms with van der Waals surface area (Å²) >= 11 is 0. The Morgan fingerprint density at radius 3 is 1.74 bits per heavy atom. The molecule has 2 heteroatoms. The fourth-order valence-corrected chi connectivity index (χ4v) is 7.33. The van der Waals surface area contributed by atoms with Crippen molar-refractivity contribution in [3.63, 3.8) is 0 Å². The average Bonchev–Trinajstić information content (AvgIpc) is 3.29. The number of rotatable bonds is 4. The van der Waals surface area contributed by atoms with E-state index in [0.29, 0.717) is 0 Å². The monoisotopic (exact) mass is 520 g/mol. The SMILES string of the molecule is CP(C)(=O)c1ccc(-c2ccc3c(c2)C(c2ccccc2)(c2ccccc2)c2c-3ccc3ccccc23)cc1. The van der Waals surface area contributed by atoms with Crippen LogP contribution in [0.4, 0.5) is 0 Å². The third-order valence-electron chi connectivity index (χ3n) is 8.25. The fraction of sp³-hybridized carbons (Fsp3) is 0.0811. The van der Waals surface area contributed by atoms with Crippen molar-refractivity contribution in [2.24, 2.45) is 0 Å². The first-order chi connectivity index (χ1) is 19.0. The van der Waals surface area contributed by atoms with E-state index in [0.717, 1.165) is 16.4 Å². The Kier molecular flexibility index (Phi) is 5.48. The van der Waals surface area contributed by atoms with Crippen LogP contribution in [0.15, 0.2) is 140 Å². The minimum absolute atomic E-state index is 0.466. The molecule has 1 aliphatic carbocycles. The van der Waals surface area contributed by atoms with Crippen molar-refractivity contribution in [1.29, 1.82) is 0 Å². The standard InChI is InChI=1S/C37H29OP/c1-39(2,38)31-21-17-26(18-22-31)28-20-23-33-34-24-19-27-11-9-10-16-32(27)36(34)37(35(33)25-28,29-12-5-3-6-13-29)30-14-7-4-8-15-30/h3-25H,1-2H3. The lowest BCUT2D eigenvalue weighted by atomic mass is 9.66. The van der Waals surface area contributed by atoms with Gasteiger partial charge in [0, 0.05) is 5.30 Å². The molecule has 0 N–H and O–H groups in total. The molecular weight excluding hydrogens is 491 g/mol. The summed E-state index contributed by atoms with van der Waals surface area (Å²) in [5.74, 6) is 0. The molecule has 0 bridgehead atoms. The Morgan fingerprint density at radius 1 is 0.538 bits per heavy atom. The van der Waals surface area contributed by atoms with E-state index in [4.69, 9.17) is 0 Å². The summed E-state index contributed by atoms with van der Waals surface area (Å²) in [4.78, 5) is 0. The number of hydrogen-bond acceptors (Lipinski definition) is 1. The van der Waals surface area contributed by atoms with Gasteiger partial charge in [0.1, 0.15) is 7.14 Å². The van der Waals surface area contributed by atoms with Crippen molar-refractivity contribution in [2.45, 2.75) is 5.41 Å². The second-order valence-corrected chi connectivity index (χ2v) is 14.1. The van der Waals surface area contributed by atoms with Gasteiger partial charge in [-0.05, 0) is 74.7 Å². The van der Waals surface area contributed by atoms with Gasteiger partial charge in [0.2, 0.25) is 0 Å². The molecule has 6 aromatic carbocycles. The molecular formula is C37H29OP. The molecule has 1 nitrogen and oxygen atoms in total. The zero-order chi connectivity index (χ0) is 26.6. The quantitative estimate of drug-likeness (QED) is 0.212. The summed E-state index contributed by atoms with van der Waals surface area (Å²) in [5.41, 5.74) is 9.55. The van der Waals surface area contributed by atoms with E-state index >= 15 is 0 Å². The van der Waals surface area contributed by atoms with Crippen LogP contribution in [0.3, 0.4) is 0 Å². The molecule has 0 radical (unpaired) electrons. The van der Waals surface area contributed by atoms with Crippen LogP contribution in [0.5, 0.6) is 0 Å². The van der Waals surface area contributed by atoms with E-state index in [2.05, 4.69) is 127 Å². The lowest BCUT2D eigenvalue weighted by molar-refractivity contribution is 0.588. The van der Waals surface area contributed by atoms with Crippen molar-refractivity contribution in [1.82, 2.24) is 0 Å². The Bertz CT molecular complexity index is 1840. The molecule has 7 rings (SSSR count). The van der Waals surface area contributed by atoms with E-state index in [9.17, 15) is 4.57 Å². The maximum Gasteiger partial charge on any atom is 0.109 e. The fourth-order valence-electron chi connectivity index (χ4n) is 6.46. The van der Waals surface area contributed by atoms with E-state index in [1.807, 2.05) is 25.5 Å². The van der Waals surface area contributed by atoms with Gasteiger partial charge in [0.25, 0.3) is 0 Å². The molecule has 0 amide bonds. The second-order valence-electron chi connectivity index (χ2n) is 10.8. The molecule has 39 heavy (non-hydrogen) atoms. The van der Waals surface area contributed by atoms with Crippen LogP contribution in [0.2, 0.25) is 0 Å². The molecule has 0 heterocycles. The number of hydrogen-bond donors (Lipinski definition) is 0. The van der Waals surface area contributed by atoms with E-state index in [1.165, 1.54) is 44.2 Å². The Morgan fingerprint density at radius 2 is 1.10 bits per heavy atom. The molecule has 0 spiro atoms. The van der Waals surface area contributed by atoms with Gasteiger partial charge in [-0.15, -0.1) is 0 Å². The molecule has 0 atom stereocenters. The lowest BCUT2D eigenvalue weighted by Gasteiger charge is -2.35. The van der Waals surface area contributed by atoms with Crippen LogP contribution in [0.25, 0.3) is 33.0 Å². The van der Waals surface area contributed by atoms with Crippen molar-refractivity contribution >= 4 is 23.2 Å². The van der Waals surface area contributed by atoms with Crippen LogP contribution in [0, 0.1) is 0 Å². The summed E-state index contributed by atoms with van der Waals surface area (Å²) in [6, 6.07) is 50.4. The predicted molar refractivity (Wildman–Crippen MR) is 166 cm³/mol. The molecule has 188 valence electrons. The highest BCUT2D eigenvalue weighted by Gasteiger charge is 2.47. The normalized spacial score (nSPS) is 13.7. The van der Waals surface area contributed by atoms with Crippen LogP contribution >= 0.6 is 7.14 Å². The average molecular weight is 521 g/mol. The van der Waals surface area contributed by atoms with Crippen LogP contribution < -0.4 is 5.30 Å². The van der Waals surface area contributed by atoms with Gasteiger partial charge in [-0.25, -0.2) is 0 Å². The van der Waals surface area contributed by atoms with Gasteiger partial charge < -0.3 is 4.57 Å². The van der Waals surface area contributed by atoms with E-state index in [-0.39, 0.29) is 0 Å². The summed E-state index contributed by atoms with van der Waals surface area (Å²) in [6.45, 7) is 3.65. The predicted octanol–water partition coefficient (Wildman–Crippen LogP) is 9.12. The van der Waals surface area contributed by atoms with Crippen molar-refractivity contribution in [3.05, 3.63) is 162 Å². The second kappa shape index (κ2) is 8.94. The third kappa shape index (κ3) is 3.65. The Labute approximate surface area is 230 Å². The molecule has 0 fully saturated rings. The van der Waals surface area contributed by atoms with Crippen molar-refractivity contribution in [3.8, 4) is 22.3 Å². The molecule has 0 saturated carbocycles.